The van der Waals surface area contributed by atoms with Crippen molar-refractivity contribution in [2.45, 2.75) is 127 Å². The SMILES string of the molecule is CCc1cc(-c2cc3c(cc2C)CN=C3)nc(N)n1.CCc1cc(-c2ccc(CO)nc2)nc(N)n1.CCc1cc(-c2ccc3c(c2)C=CC3)cc(N)n1.CCc1cc(-c2ccc3c(c2C)C=NC3)nc(N)n1.CCc1cc(-c2cccc(C)c2)nc(N)n1.CCc1cc(-c2ccncc2Cl)nc(N)n1. The molecule has 0 fully saturated rings. The number of aryl methyl sites for hydroxylation is 8. The molecule has 0 bridgehead atoms. The van der Waals surface area contributed by atoms with Gasteiger partial charge in [-0.1, -0.05) is 119 Å². The Kier molecular flexibility index (Phi) is 25.6. The lowest BCUT2D eigenvalue weighted by Gasteiger charge is -2.10. The first-order chi connectivity index (χ1) is 50.7. The number of nitrogens with two attached hydrogens (primary N) is 6. The second-order valence-electron chi connectivity index (χ2n) is 25.0. The molecular weight excluding hydrogens is 1330 g/mol. The van der Waals surface area contributed by atoms with Crippen molar-refractivity contribution in [3.8, 4) is 67.4 Å². The summed E-state index contributed by atoms with van der Waals surface area (Å²) in [5.41, 5.74) is 63.6. The van der Waals surface area contributed by atoms with E-state index in [4.69, 9.17) is 51.1 Å². The number of nitrogen functional groups attached to an aromatic ring is 6. The van der Waals surface area contributed by atoms with E-state index in [0.717, 1.165) is 154 Å². The number of benzene rings is 4. The number of pyridine rings is 3. The van der Waals surface area contributed by atoms with Crippen molar-refractivity contribution >= 4 is 65.7 Å². The molecule has 0 radical (unpaired) electrons. The molecule has 15 rings (SSSR count). The predicted molar refractivity (Wildman–Crippen MR) is 426 cm³/mol. The van der Waals surface area contributed by atoms with Gasteiger partial charge in [0.2, 0.25) is 29.7 Å². The van der Waals surface area contributed by atoms with Crippen LogP contribution in [0.4, 0.5) is 35.6 Å². The number of hydrogen-bond donors (Lipinski definition) is 7. The van der Waals surface area contributed by atoms with Gasteiger partial charge in [0.25, 0.3) is 0 Å². The molecule has 10 heterocycles. The molecule has 8 aromatic heterocycles. The molecule has 0 amide bonds. The summed E-state index contributed by atoms with van der Waals surface area (Å²) in [5, 5.41) is 9.48. The highest BCUT2D eigenvalue weighted by molar-refractivity contribution is 6.33. The first kappa shape index (κ1) is 75.5. The van der Waals surface area contributed by atoms with Crippen LogP contribution in [0.2, 0.25) is 5.02 Å². The fraction of sp³-hybridized carbons (Fsp3) is 0.232. The third-order valence-electron chi connectivity index (χ3n) is 17.4. The number of aliphatic hydroxyl groups is 1. The highest BCUT2D eigenvalue weighted by Gasteiger charge is 2.18. The van der Waals surface area contributed by atoms with Crippen LogP contribution >= 0.6 is 11.6 Å². The number of nitrogens with zero attached hydrogens (tertiary/aromatic N) is 15. The Hall–Kier alpha value is -12.1. The highest BCUT2D eigenvalue weighted by Crippen LogP contribution is 2.33. The van der Waals surface area contributed by atoms with E-state index < -0.39 is 0 Å². The van der Waals surface area contributed by atoms with Gasteiger partial charge in [-0.3, -0.25) is 20.0 Å². The van der Waals surface area contributed by atoms with Gasteiger partial charge in [-0.2, -0.15) is 0 Å². The summed E-state index contributed by atoms with van der Waals surface area (Å²) >= 11 is 6.04. The van der Waals surface area contributed by atoms with E-state index in [1.54, 1.807) is 24.7 Å². The minimum Gasteiger partial charge on any atom is -0.390 e. The Morgan fingerprint density at radius 3 is 1.50 bits per heavy atom. The normalized spacial score (nSPS) is 11.6. The summed E-state index contributed by atoms with van der Waals surface area (Å²) in [4.78, 5) is 63.1. The van der Waals surface area contributed by atoms with Crippen LogP contribution in [-0.2, 0) is 64.6 Å². The van der Waals surface area contributed by atoms with Gasteiger partial charge < -0.3 is 39.5 Å². The second-order valence-corrected chi connectivity index (χ2v) is 25.4. The number of aliphatic imine (C=N–C) groups is 2. The first-order valence-electron chi connectivity index (χ1n) is 35.0. The standard InChI is InChI=1S/C16H16N2.2C15H16N4.C13H15N3.C12H14N4O.C11H11ClN4/c1-2-15-9-14(10-16(17)18-15)13-7-6-11-4-3-5-12(11)8-13;1-3-12-6-14(19-15(16)18-12)13-5-11-8-17-7-10(11)4-9(13)2;1-3-11-6-14(19-15(16)18-11)12-5-4-10-7-17-8-13(10)9(12)2;1-3-11-8-12(16-13(14)15-11)10-6-4-5-9(2)7-10;1-2-9-5-11(16-12(13)15-9)8-3-4-10(7-17)14-6-8;1-2-7-5-10(16-11(13)15-7)8-3-4-14-6-9(8)12/h3,5-10H,2,4H2,1H3,(H2,17,18);2*4-6,8H,3,7H2,1-2H3,(H2,16,18,19);4-8H,3H2,1-2H3,(H2,14,15,16);3-6,17H,2,7H2,1H3,(H2,13,15,16);3-6H,2H2,1H3,(H2,13,15,16). The van der Waals surface area contributed by atoms with Crippen LogP contribution in [0.1, 0.15) is 131 Å². The molecule has 105 heavy (non-hydrogen) atoms. The van der Waals surface area contributed by atoms with Gasteiger partial charge in [-0.05, 0) is 195 Å². The second kappa shape index (κ2) is 35.6. The van der Waals surface area contributed by atoms with Crippen molar-refractivity contribution in [1.29, 1.82) is 0 Å². The quantitative estimate of drug-likeness (QED) is 0.0564. The Bertz CT molecular complexity index is 5100. The lowest BCUT2D eigenvalue weighted by molar-refractivity contribution is 0.277. The summed E-state index contributed by atoms with van der Waals surface area (Å²) in [6.45, 7) is 20.1. The third-order valence-corrected chi connectivity index (χ3v) is 17.7. The minimum atomic E-state index is -0.0631. The molecule has 0 atom stereocenters. The highest BCUT2D eigenvalue weighted by atomic mass is 35.5. The number of fused-ring (bicyclic) bond motifs is 3. The molecule has 534 valence electrons. The summed E-state index contributed by atoms with van der Waals surface area (Å²) < 4.78 is 0. The number of allylic oxidation sites excluding steroid dienone is 1. The van der Waals surface area contributed by atoms with Crippen LogP contribution in [0.3, 0.4) is 0 Å². The first-order valence-corrected chi connectivity index (χ1v) is 35.3. The third kappa shape index (κ3) is 19.9. The van der Waals surface area contributed by atoms with E-state index >= 15 is 0 Å². The Balaban J connectivity index is 0.000000135. The van der Waals surface area contributed by atoms with Crippen molar-refractivity contribution < 1.29 is 5.11 Å². The number of halogens is 1. The van der Waals surface area contributed by atoms with Crippen LogP contribution in [0.5, 0.6) is 0 Å². The molecule has 0 unspecified atom stereocenters. The number of hydrogen-bond acceptors (Lipinski definition) is 22. The van der Waals surface area contributed by atoms with E-state index in [1.165, 1.54) is 55.6 Å². The van der Waals surface area contributed by atoms with Gasteiger partial charge in [0, 0.05) is 98.6 Å². The van der Waals surface area contributed by atoms with Crippen molar-refractivity contribution in [2.75, 3.05) is 34.4 Å². The number of aromatic nitrogens is 13. The average molecular weight is 1420 g/mol. The molecule has 12 aromatic rings. The Morgan fingerprint density at radius 2 is 0.933 bits per heavy atom. The monoisotopic (exact) mass is 1420 g/mol. The minimum absolute atomic E-state index is 0.0631. The topological polar surface area (TPSA) is 369 Å². The van der Waals surface area contributed by atoms with Crippen LogP contribution in [0, 0.1) is 20.8 Å². The molecule has 23 heteroatoms. The van der Waals surface area contributed by atoms with E-state index in [2.05, 4.69) is 196 Å². The van der Waals surface area contributed by atoms with Crippen molar-refractivity contribution in [1.82, 2.24) is 64.8 Å². The van der Waals surface area contributed by atoms with Crippen LogP contribution in [-0.4, -0.2) is 82.3 Å². The smallest absolute Gasteiger partial charge is 0.220 e. The molecule has 13 N–H and O–H groups in total. The van der Waals surface area contributed by atoms with Gasteiger partial charge in [0.15, 0.2) is 0 Å². The zero-order valence-electron chi connectivity index (χ0n) is 60.7. The van der Waals surface area contributed by atoms with Gasteiger partial charge in [0.05, 0.1) is 58.9 Å². The van der Waals surface area contributed by atoms with Crippen molar-refractivity contribution in [2.24, 2.45) is 9.98 Å². The predicted octanol–water partition coefficient (Wildman–Crippen LogP) is 14.6. The fourth-order valence-corrected chi connectivity index (χ4v) is 12.0. The van der Waals surface area contributed by atoms with Crippen molar-refractivity contribution in [3.63, 3.8) is 0 Å². The average Bonchev–Trinajstić information content (AvgIpc) is 1.74. The lowest BCUT2D eigenvalue weighted by atomic mass is 9.96. The molecule has 0 spiro atoms. The van der Waals surface area contributed by atoms with Gasteiger partial charge in [-0.15, -0.1) is 0 Å². The summed E-state index contributed by atoms with van der Waals surface area (Å²) in [6.07, 6.45) is 19.3. The molecule has 4 aromatic carbocycles. The zero-order chi connectivity index (χ0) is 74.7. The number of aliphatic hydroxyl groups excluding tert-OH is 1. The Labute approximate surface area is 618 Å². The summed E-state index contributed by atoms with van der Waals surface area (Å²) in [5.74, 6) is 2.15. The Morgan fingerprint density at radius 1 is 0.410 bits per heavy atom. The van der Waals surface area contributed by atoms with E-state index in [-0.39, 0.29) is 18.5 Å². The van der Waals surface area contributed by atoms with E-state index in [1.807, 2.05) is 86.9 Å². The molecule has 22 nitrogen and oxygen atoms in total. The number of anilines is 6. The summed E-state index contributed by atoms with van der Waals surface area (Å²) in [6, 6.07) is 42.7. The van der Waals surface area contributed by atoms with Gasteiger partial charge in [0.1, 0.15) is 5.82 Å². The molecule has 3 aliphatic rings. The number of rotatable bonds is 13. The van der Waals surface area contributed by atoms with Crippen LogP contribution < -0.4 is 34.4 Å². The van der Waals surface area contributed by atoms with Crippen molar-refractivity contribution in [3.05, 3.63) is 247 Å². The van der Waals surface area contributed by atoms with Gasteiger partial charge >= 0.3 is 0 Å². The zero-order valence-corrected chi connectivity index (χ0v) is 61.5. The maximum atomic E-state index is 8.92. The molecule has 0 saturated heterocycles. The van der Waals surface area contributed by atoms with E-state index in [9.17, 15) is 0 Å². The maximum absolute atomic E-state index is 8.92. The molecule has 0 saturated carbocycles. The van der Waals surface area contributed by atoms with Crippen LogP contribution in [0.15, 0.2) is 162 Å². The molecular formula is C82H88ClN21O. The van der Waals surface area contributed by atoms with E-state index in [0.29, 0.717) is 34.4 Å². The molecule has 1 aliphatic carbocycles. The summed E-state index contributed by atoms with van der Waals surface area (Å²) in [7, 11) is 0. The van der Waals surface area contributed by atoms with Crippen LogP contribution in [0.25, 0.3) is 73.5 Å². The van der Waals surface area contributed by atoms with Gasteiger partial charge in [-0.25, -0.2) is 54.8 Å². The fourth-order valence-electron chi connectivity index (χ4n) is 11.8. The lowest BCUT2D eigenvalue weighted by Crippen LogP contribution is -2.02. The largest absolute Gasteiger partial charge is 0.390 e. The maximum Gasteiger partial charge on any atom is 0.220 e. The molecule has 2 aliphatic heterocycles.